The van der Waals surface area contributed by atoms with Gasteiger partial charge in [-0.25, -0.2) is 0 Å². The minimum Gasteiger partial charge on any atom is -0.338 e. The monoisotopic (exact) mass is 406 g/mol. The second kappa shape index (κ2) is 7.84. The molecule has 1 aliphatic heterocycles. The fourth-order valence-corrected chi connectivity index (χ4v) is 4.85. The van der Waals surface area contributed by atoms with Gasteiger partial charge in [-0.3, -0.25) is 9.59 Å². The summed E-state index contributed by atoms with van der Waals surface area (Å²) in [6.45, 7) is 1.21. The number of allylic oxidation sites excluding steroid dienone is 2. The Kier molecular flexibility index (Phi) is 5.40. The number of anilines is 1. The van der Waals surface area contributed by atoms with Gasteiger partial charge in [-0.2, -0.15) is 13.2 Å². The first-order chi connectivity index (χ1) is 13.8. The summed E-state index contributed by atoms with van der Waals surface area (Å²) in [6, 6.07) is 3.18. The van der Waals surface area contributed by atoms with Crippen molar-refractivity contribution in [3.8, 4) is 0 Å². The standard InChI is InChI=1S/C22H25F3N2O2/c23-22(24,25)18-9-17(21(29)27-12-15-7-4-8-16(15)13-27)10-19(11-18)26-20(28)14-5-2-1-3-6-14/h1-2,9-11,14-16H,3-8,12-13H2,(H,26,28)/t14?,15-,16+. The number of hydrogen-bond donors (Lipinski definition) is 1. The second-order valence-electron chi connectivity index (χ2n) is 8.43. The molecule has 0 radical (unpaired) electrons. The highest BCUT2D eigenvalue weighted by molar-refractivity contribution is 5.98. The van der Waals surface area contributed by atoms with Gasteiger partial charge in [0.15, 0.2) is 0 Å². The molecule has 1 heterocycles. The molecule has 1 saturated heterocycles. The van der Waals surface area contributed by atoms with Gasteiger partial charge in [0.05, 0.1) is 5.56 Å². The van der Waals surface area contributed by atoms with Crippen molar-refractivity contribution < 1.29 is 22.8 Å². The fourth-order valence-electron chi connectivity index (χ4n) is 4.85. The summed E-state index contributed by atoms with van der Waals surface area (Å²) in [4.78, 5) is 27.1. The first kappa shape index (κ1) is 20.0. The first-order valence-electron chi connectivity index (χ1n) is 10.3. The third-order valence-corrected chi connectivity index (χ3v) is 6.43. The molecule has 2 aliphatic carbocycles. The van der Waals surface area contributed by atoms with Crippen LogP contribution in [0.2, 0.25) is 0 Å². The molecule has 1 saturated carbocycles. The first-order valence-corrected chi connectivity index (χ1v) is 10.3. The van der Waals surface area contributed by atoms with Gasteiger partial charge in [-0.1, -0.05) is 18.6 Å². The average molecular weight is 406 g/mol. The van der Waals surface area contributed by atoms with E-state index in [0.29, 0.717) is 37.8 Å². The van der Waals surface area contributed by atoms with Gasteiger partial charge < -0.3 is 10.2 Å². The van der Waals surface area contributed by atoms with Gasteiger partial charge in [0.1, 0.15) is 0 Å². The lowest BCUT2D eigenvalue weighted by Gasteiger charge is -2.21. The van der Waals surface area contributed by atoms with Crippen LogP contribution in [0.3, 0.4) is 0 Å². The third kappa shape index (κ3) is 4.33. The lowest BCUT2D eigenvalue weighted by molar-refractivity contribution is -0.137. The molecule has 0 spiro atoms. The van der Waals surface area contributed by atoms with Gasteiger partial charge in [0.2, 0.25) is 5.91 Å². The van der Waals surface area contributed by atoms with Crippen LogP contribution in [0.5, 0.6) is 0 Å². The molecule has 1 aromatic rings. The number of amides is 2. The molecule has 0 bridgehead atoms. The molecule has 3 atom stereocenters. The van der Waals surface area contributed by atoms with Gasteiger partial charge in [-0.05, 0) is 62.1 Å². The highest BCUT2D eigenvalue weighted by atomic mass is 19.4. The minimum atomic E-state index is -4.59. The van der Waals surface area contributed by atoms with Crippen LogP contribution >= 0.6 is 0 Å². The van der Waals surface area contributed by atoms with Gasteiger partial charge in [-0.15, -0.1) is 0 Å². The quantitative estimate of drug-likeness (QED) is 0.728. The van der Waals surface area contributed by atoms with E-state index in [4.69, 9.17) is 0 Å². The number of likely N-dealkylation sites (tertiary alicyclic amines) is 1. The Labute approximate surface area is 168 Å². The van der Waals surface area contributed by atoms with Crippen molar-refractivity contribution in [3.05, 3.63) is 41.5 Å². The lowest BCUT2D eigenvalue weighted by atomic mass is 9.93. The molecule has 4 rings (SSSR count). The molecule has 1 unspecified atom stereocenters. The number of nitrogens with zero attached hydrogens (tertiary/aromatic N) is 1. The third-order valence-electron chi connectivity index (χ3n) is 6.43. The van der Waals surface area contributed by atoms with E-state index in [9.17, 15) is 22.8 Å². The Morgan fingerprint density at radius 3 is 2.34 bits per heavy atom. The number of carbonyl (C=O) groups is 2. The van der Waals surface area contributed by atoms with Crippen molar-refractivity contribution in [2.24, 2.45) is 17.8 Å². The van der Waals surface area contributed by atoms with Crippen LogP contribution in [0, 0.1) is 17.8 Å². The van der Waals surface area contributed by atoms with Gasteiger partial charge in [0, 0.05) is 30.3 Å². The second-order valence-corrected chi connectivity index (χ2v) is 8.43. The molecule has 156 valence electrons. The van der Waals surface area contributed by atoms with Crippen molar-refractivity contribution in [1.82, 2.24) is 4.90 Å². The summed E-state index contributed by atoms with van der Waals surface area (Å²) < 4.78 is 40.3. The van der Waals surface area contributed by atoms with E-state index in [-0.39, 0.29) is 29.0 Å². The molecule has 29 heavy (non-hydrogen) atoms. The minimum absolute atomic E-state index is 0.0151. The number of benzene rings is 1. The maximum atomic E-state index is 13.4. The smallest absolute Gasteiger partial charge is 0.338 e. The molecule has 2 fully saturated rings. The Morgan fingerprint density at radius 1 is 1.00 bits per heavy atom. The lowest BCUT2D eigenvalue weighted by Crippen LogP contribution is -2.30. The maximum Gasteiger partial charge on any atom is 0.416 e. The van der Waals surface area contributed by atoms with Crippen LogP contribution < -0.4 is 5.32 Å². The Balaban J connectivity index is 1.56. The van der Waals surface area contributed by atoms with Crippen LogP contribution in [-0.4, -0.2) is 29.8 Å². The van der Waals surface area contributed by atoms with Crippen molar-refractivity contribution >= 4 is 17.5 Å². The molecule has 0 aromatic heterocycles. The predicted octanol–water partition coefficient (Wildman–Crippen LogP) is 4.87. The van der Waals surface area contributed by atoms with E-state index in [1.165, 1.54) is 6.07 Å². The van der Waals surface area contributed by atoms with Gasteiger partial charge >= 0.3 is 6.18 Å². The van der Waals surface area contributed by atoms with Crippen LogP contribution in [0.1, 0.15) is 54.4 Å². The fraction of sp³-hybridized carbons (Fsp3) is 0.545. The number of fused-ring (bicyclic) bond motifs is 1. The molecule has 1 aromatic carbocycles. The zero-order valence-corrected chi connectivity index (χ0v) is 16.2. The summed E-state index contributed by atoms with van der Waals surface area (Å²) >= 11 is 0. The highest BCUT2D eigenvalue weighted by Crippen LogP contribution is 2.39. The van der Waals surface area contributed by atoms with E-state index in [2.05, 4.69) is 5.32 Å². The van der Waals surface area contributed by atoms with E-state index in [1.807, 2.05) is 12.2 Å². The Bertz CT molecular complexity index is 822. The van der Waals surface area contributed by atoms with Crippen LogP contribution in [-0.2, 0) is 11.0 Å². The average Bonchev–Trinajstić information content (AvgIpc) is 3.29. The molecular formula is C22H25F3N2O2. The molecular weight excluding hydrogens is 381 g/mol. The van der Waals surface area contributed by atoms with Crippen molar-refractivity contribution in [2.45, 2.75) is 44.7 Å². The van der Waals surface area contributed by atoms with E-state index in [1.54, 1.807) is 4.90 Å². The normalized spacial score (nSPS) is 26.4. The largest absolute Gasteiger partial charge is 0.416 e. The van der Waals surface area contributed by atoms with Crippen molar-refractivity contribution in [2.75, 3.05) is 18.4 Å². The highest BCUT2D eigenvalue weighted by Gasteiger charge is 2.39. The van der Waals surface area contributed by atoms with Crippen LogP contribution in [0.4, 0.5) is 18.9 Å². The Morgan fingerprint density at radius 2 is 1.72 bits per heavy atom. The van der Waals surface area contributed by atoms with Crippen LogP contribution in [0.25, 0.3) is 0 Å². The predicted molar refractivity (Wildman–Crippen MR) is 103 cm³/mol. The zero-order valence-electron chi connectivity index (χ0n) is 16.2. The Hall–Kier alpha value is -2.31. The summed E-state index contributed by atoms with van der Waals surface area (Å²) in [7, 11) is 0. The van der Waals surface area contributed by atoms with E-state index >= 15 is 0 Å². The summed E-state index contributed by atoms with van der Waals surface area (Å²) in [5.41, 5.74) is -0.901. The number of halogens is 3. The van der Waals surface area contributed by atoms with Gasteiger partial charge in [0.25, 0.3) is 5.91 Å². The molecule has 7 heteroatoms. The SMILES string of the molecule is O=C(Nc1cc(C(=O)N2C[C@H]3CCC[C@H]3C2)cc(C(F)(F)F)c1)C1CC=CCC1. The molecule has 1 N–H and O–H groups in total. The number of alkyl halides is 3. The van der Waals surface area contributed by atoms with Crippen molar-refractivity contribution in [3.63, 3.8) is 0 Å². The summed E-state index contributed by atoms with van der Waals surface area (Å²) in [5.74, 6) is -0.0254. The summed E-state index contributed by atoms with van der Waals surface area (Å²) in [6.07, 6.45) is 4.66. The molecule has 2 amide bonds. The topological polar surface area (TPSA) is 49.4 Å². The number of nitrogens with one attached hydrogen (secondary N) is 1. The number of carbonyl (C=O) groups excluding carboxylic acids is 2. The van der Waals surface area contributed by atoms with Crippen LogP contribution in [0.15, 0.2) is 30.4 Å². The number of rotatable bonds is 3. The molecule has 4 nitrogen and oxygen atoms in total. The zero-order chi connectivity index (χ0) is 20.6. The van der Waals surface area contributed by atoms with Crippen molar-refractivity contribution in [1.29, 1.82) is 0 Å². The maximum absolute atomic E-state index is 13.4. The molecule has 3 aliphatic rings. The number of hydrogen-bond acceptors (Lipinski definition) is 2. The van der Waals surface area contributed by atoms with E-state index in [0.717, 1.165) is 37.8 Å². The summed E-state index contributed by atoms with van der Waals surface area (Å²) in [5, 5.41) is 2.61. The van der Waals surface area contributed by atoms with E-state index < -0.39 is 11.7 Å².